The number of nitrogens with one attached hydrogen (secondary N) is 1. The molecule has 32 heavy (non-hydrogen) atoms. The first-order chi connectivity index (χ1) is 15.7. The molecule has 164 valence electrons. The zero-order valence-electron chi connectivity index (χ0n) is 17.9. The predicted molar refractivity (Wildman–Crippen MR) is 118 cm³/mol. The molecule has 1 atom stereocenters. The van der Waals surface area contributed by atoms with Crippen LogP contribution < -0.4 is 5.32 Å². The number of likely N-dealkylation sites (tertiary alicyclic amines) is 1. The summed E-state index contributed by atoms with van der Waals surface area (Å²) in [6.45, 7) is 1.81. The van der Waals surface area contributed by atoms with Crippen molar-refractivity contribution < 1.29 is 9.59 Å². The Bertz CT molecular complexity index is 1090. The lowest BCUT2D eigenvalue weighted by Gasteiger charge is -2.32. The van der Waals surface area contributed by atoms with Gasteiger partial charge in [0.05, 0.1) is 0 Å². The monoisotopic (exact) mass is 430 g/mol. The summed E-state index contributed by atoms with van der Waals surface area (Å²) in [7, 11) is 0. The second kappa shape index (κ2) is 8.90. The molecule has 2 aliphatic rings. The van der Waals surface area contributed by atoms with E-state index in [9.17, 15) is 9.59 Å². The van der Waals surface area contributed by atoms with Gasteiger partial charge in [0.2, 0.25) is 5.91 Å². The number of amides is 2. The first-order valence-corrected chi connectivity index (χ1v) is 11.2. The van der Waals surface area contributed by atoms with E-state index in [1.807, 2.05) is 51.9 Å². The molecular formula is C24H26N6O2. The van der Waals surface area contributed by atoms with Crippen LogP contribution in [0, 0.1) is 0 Å². The van der Waals surface area contributed by atoms with Crippen LogP contribution in [0.25, 0.3) is 0 Å². The van der Waals surface area contributed by atoms with Gasteiger partial charge in [-0.3, -0.25) is 14.6 Å². The number of aryl methyl sites for hydroxylation is 1. The van der Waals surface area contributed by atoms with Crippen LogP contribution in [0.15, 0.2) is 54.9 Å². The number of hydrogen-bond acceptors (Lipinski definition) is 5. The van der Waals surface area contributed by atoms with Gasteiger partial charge < -0.3 is 14.8 Å². The van der Waals surface area contributed by atoms with Crippen LogP contribution in [0.5, 0.6) is 0 Å². The van der Waals surface area contributed by atoms with Crippen molar-refractivity contribution in [3.8, 4) is 0 Å². The van der Waals surface area contributed by atoms with Crippen LogP contribution in [0.3, 0.4) is 0 Å². The van der Waals surface area contributed by atoms with Crippen molar-refractivity contribution in [1.29, 1.82) is 0 Å². The summed E-state index contributed by atoms with van der Waals surface area (Å²) < 4.78 is 2.04. The highest BCUT2D eigenvalue weighted by Gasteiger charge is 2.36. The number of carbonyl (C=O) groups is 2. The van der Waals surface area contributed by atoms with Gasteiger partial charge in [-0.2, -0.15) is 0 Å². The summed E-state index contributed by atoms with van der Waals surface area (Å²) >= 11 is 0. The molecule has 1 N–H and O–H groups in total. The molecule has 5 rings (SSSR count). The van der Waals surface area contributed by atoms with Crippen LogP contribution in [0.1, 0.15) is 58.8 Å². The molecule has 0 bridgehead atoms. The molecule has 1 aromatic carbocycles. The Morgan fingerprint density at radius 3 is 2.56 bits per heavy atom. The Morgan fingerprint density at radius 2 is 1.81 bits per heavy atom. The maximum Gasteiger partial charge on any atom is 0.253 e. The second-order valence-electron chi connectivity index (χ2n) is 8.41. The molecule has 1 fully saturated rings. The van der Waals surface area contributed by atoms with Gasteiger partial charge in [-0.1, -0.05) is 24.3 Å². The van der Waals surface area contributed by atoms with Gasteiger partial charge in [-0.25, -0.2) is 0 Å². The van der Waals surface area contributed by atoms with Gasteiger partial charge in [0.15, 0.2) is 0 Å². The van der Waals surface area contributed by atoms with E-state index in [2.05, 4.69) is 20.5 Å². The third kappa shape index (κ3) is 4.00. The number of pyridine rings is 1. The fraction of sp³-hybridized carbons (Fsp3) is 0.375. The first-order valence-electron chi connectivity index (χ1n) is 11.2. The molecule has 8 heteroatoms. The number of aromatic nitrogens is 4. The van der Waals surface area contributed by atoms with Crippen molar-refractivity contribution in [1.82, 2.24) is 30.0 Å². The van der Waals surface area contributed by atoms with Gasteiger partial charge in [-0.15, -0.1) is 10.2 Å². The number of piperidine rings is 1. The minimum Gasteiger partial charge on any atom is -0.350 e. The molecular weight excluding hydrogens is 404 g/mol. The number of carbonyl (C=O) groups excluding carboxylic acids is 2. The summed E-state index contributed by atoms with van der Waals surface area (Å²) in [6.07, 6.45) is 6.61. The van der Waals surface area contributed by atoms with E-state index in [4.69, 9.17) is 0 Å². The van der Waals surface area contributed by atoms with Gasteiger partial charge in [0, 0.05) is 49.9 Å². The fourth-order valence-electron chi connectivity index (χ4n) is 4.68. The number of benzene rings is 1. The molecule has 1 unspecified atom stereocenters. The minimum absolute atomic E-state index is 0.00894. The zero-order chi connectivity index (χ0) is 21.9. The largest absolute Gasteiger partial charge is 0.350 e. The van der Waals surface area contributed by atoms with Crippen molar-refractivity contribution in [2.75, 3.05) is 13.1 Å². The minimum atomic E-state index is -0.282. The van der Waals surface area contributed by atoms with Gasteiger partial charge in [0.25, 0.3) is 5.91 Å². The molecule has 0 radical (unpaired) electrons. The number of hydrogen-bond donors (Lipinski definition) is 1. The fourth-order valence-corrected chi connectivity index (χ4v) is 4.68. The normalized spacial score (nSPS) is 18.4. The topological polar surface area (TPSA) is 93.0 Å². The van der Waals surface area contributed by atoms with E-state index < -0.39 is 0 Å². The van der Waals surface area contributed by atoms with Gasteiger partial charge in [0.1, 0.15) is 17.7 Å². The van der Waals surface area contributed by atoms with Gasteiger partial charge in [-0.05, 0) is 43.0 Å². The van der Waals surface area contributed by atoms with Crippen LogP contribution in [0.2, 0.25) is 0 Å². The highest BCUT2D eigenvalue weighted by atomic mass is 16.2. The SMILES string of the molecule is O=C(NCc1cccnc1)C1CCc2nnc(C3CCN(C(=O)c4ccccc4)CC3)n21. The Hall–Kier alpha value is -3.55. The Labute approximate surface area is 186 Å². The molecule has 8 nitrogen and oxygen atoms in total. The highest BCUT2D eigenvalue weighted by molar-refractivity contribution is 5.94. The van der Waals surface area contributed by atoms with Crippen molar-refractivity contribution in [3.05, 3.63) is 77.6 Å². The van der Waals surface area contributed by atoms with Crippen LogP contribution in [0.4, 0.5) is 0 Å². The third-order valence-electron chi connectivity index (χ3n) is 6.41. The molecule has 3 aromatic rings. The number of nitrogens with zero attached hydrogens (tertiary/aromatic N) is 5. The Balaban J connectivity index is 1.24. The molecule has 0 spiro atoms. The molecule has 2 amide bonds. The smallest absolute Gasteiger partial charge is 0.253 e. The van der Waals surface area contributed by atoms with Crippen LogP contribution in [-0.2, 0) is 17.8 Å². The highest BCUT2D eigenvalue weighted by Crippen LogP contribution is 2.34. The summed E-state index contributed by atoms with van der Waals surface area (Å²) in [5, 5.41) is 11.9. The van der Waals surface area contributed by atoms with Crippen LogP contribution >= 0.6 is 0 Å². The average Bonchev–Trinajstić information content (AvgIpc) is 3.46. The lowest BCUT2D eigenvalue weighted by Crippen LogP contribution is -2.39. The predicted octanol–water partition coefficient (Wildman–Crippen LogP) is 2.50. The zero-order valence-corrected chi connectivity index (χ0v) is 17.9. The molecule has 1 saturated heterocycles. The second-order valence-corrected chi connectivity index (χ2v) is 8.41. The van der Waals surface area contributed by atoms with E-state index in [0.29, 0.717) is 19.6 Å². The van der Waals surface area contributed by atoms with E-state index in [1.54, 1.807) is 12.4 Å². The third-order valence-corrected chi connectivity index (χ3v) is 6.41. The standard InChI is InChI=1S/C24H26N6O2/c31-23(26-16-17-5-4-12-25-15-17)20-8-9-21-27-28-22(30(20)21)18-10-13-29(14-11-18)24(32)19-6-2-1-3-7-19/h1-7,12,15,18,20H,8-11,13-14,16H2,(H,26,31). The van der Waals surface area contributed by atoms with Gasteiger partial charge >= 0.3 is 0 Å². The van der Waals surface area contributed by atoms with E-state index in [1.165, 1.54) is 0 Å². The molecule has 2 aliphatic heterocycles. The maximum atomic E-state index is 13.0. The summed E-state index contributed by atoms with van der Waals surface area (Å²) in [4.78, 5) is 31.7. The van der Waals surface area contributed by atoms with Crippen LogP contribution in [-0.4, -0.2) is 49.6 Å². The van der Waals surface area contributed by atoms with Crippen molar-refractivity contribution in [2.45, 2.75) is 44.2 Å². The van der Waals surface area contributed by atoms with E-state index in [0.717, 1.165) is 48.5 Å². The lowest BCUT2D eigenvalue weighted by molar-refractivity contribution is -0.124. The average molecular weight is 431 g/mol. The summed E-state index contributed by atoms with van der Waals surface area (Å²) in [6, 6.07) is 12.9. The van der Waals surface area contributed by atoms with Crippen molar-refractivity contribution >= 4 is 11.8 Å². The Kier molecular flexibility index (Phi) is 5.66. The lowest BCUT2D eigenvalue weighted by atomic mass is 9.95. The molecule has 0 saturated carbocycles. The quantitative estimate of drug-likeness (QED) is 0.671. The van der Waals surface area contributed by atoms with Crippen molar-refractivity contribution in [3.63, 3.8) is 0 Å². The maximum absolute atomic E-state index is 13.0. The molecule has 2 aromatic heterocycles. The number of rotatable bonds is 5. The number of fused-ring (bicyclic) bond motifs is 1. The molecule has 0 aliphatic carbocycles. The van der Waals surface area contributed by atoms with Crippen molar-refractivity contribution in [2.24, 2.45) is 0 Å². The summed E-state index contributed by atoms with van der Waals surface area (Å²) in [5.74, 6) is 2.02. The van der Waals surface area contributed by atoms with E-state index in [-0.39, 0.29) is 23.8 Å². The molecule has 4 heterocycles. The first kappa shape index (κ1) is 20.4. The summed E-state index contributed by atoms with van der Waals surface area (Å²) in [5.41, 5.74) is 1.69. The Morgan fingerprint density at radius 1 is 1.00 bits per heavy atom. The van der Waals surface area contributed by atoms with E-state index >= 15 is 0 Å².